The number of hydrogen-bond donors (Lipinski definition) is 0. The minimum Gasteiger partial charge on any atom is -0.464 e. The molecule has 1 aromatic carbocycles. The number of nitrogens with zero attached hydrogens (tertiary/aromatic N) is 1. The molecule has 0 radical (unpaired) electrons. The van der Waals surface area contributed by atoms with Gasteiger partial charge in [0, 0.05) is 13.1 Å². The molecule has 1 amide bonds. The van der Waals surface area contributed by atoms with Crippen LogP contribution in [0.5, 0.6) is 0 Å². The summed E-state index contributed by atoms with van der Waals surface area (Å²) in [5, 5.41) is 0. The van der Waals surface area contributed by atoms with Crippen molar-refractivity contribution < 1.29 is 23.8 Å². The van der Waals surface area contributed by atoms with E-state index in [0.29, 0.717) is 13.1 Å². The smallest absolute Gasteiger partial charge is 0.338 e. The second-order valence-corrected chi connectivity index (χ2v) is 6.51. The van der Waals surface area contributed by atoms with Crippen molar-refractivity contribution in [1.82, 2.24) is 4.90 Å². The van der Waals surface area contributed by atoms with Crippen molar-refractivity contribution >= 4 is 11.9 Å². The number of amides is 1. The fraction of sp³-hybridized carbons (Fsp3) is 0.556. The minimum absolute atomic E-state index is 0.229. The molecule has 6 heteroatoms. The highest BCUT2D eigenvalue weighted by Gasteiger charge is 2.51. The number of rotatable bonds is 3. The fourth-order valence-electron chi connectivity index (χ4n) is 3.20. The molecule has 3 rings (SSSR count). The molecule has 2 atom stereocenters. The molecule has 2 aliphatic rings. The van der Waals surface area contributed by atoms with Crippen molar-refractivity contribution in [3.63, 3.8) is 0 Å². The zero-order valence-corrected chi connectivity index (χ0v) is 14.3. The van der Waals surface area contributed by atoms with E-state index in [1.165, 1.54) is 5.56 Å². The van der Waals surface area contributed by atoms with Crippen LogP contribution in [0.1, 0.15) is 31.9 Å². The van der Waals surface area contributed by atoms with E-state index in [-0.39, 0.29) is 12.5 Å². The van der Waals surface area contributed by atoms with E-state index in [9.17, 15) is 9.59 Å². The summed E-state index contributed by atoms with van der Waals surface area (Å²) in [4.78, 5) is 26.8. The van der Waals surface area contributed by atoms with E-state index < -0.39 is 24.0 Å². The highest BCUT2D eigenvalue weighted by molar-refractivity contribution is 5.89. The molecule has 1 aromatic rings. The largest absolute Gasteiger partial charge is 0.464 e. The molecule has 1 saturated heterocycles. The summed E-state index contributed by atoms with van der Waals surface area (Å²) in [5.74, 6) is -1.78. The summed E-state index contributed by atoms with van der Waals surface area (Å²) < 4.78 is 16.4. The van der Waals surface area contributed by atoms with E-state index >= 15 is 0 Å². The normalized spacial score (nSPS) is 25.2. The van der Waals surface area contributed by atoms with Crippen molar-refractivity contribution in [2.75, 3.05) is 13.2 Å². The van der Waals surface area contributed by atoms with Crippen LogP contribution >= 0.6 is 0 Å². The molecule has 6 nitrogen and oxygen atoms in total. The summed E-state index contributed by atoms with van der Waals surface area (Å²) in [6.07, 6.45) is -1.20. The summed E-state index contributed by atoms with van der Waals surface area (Å²) in [5.41, 5.74) is 2.38. The van der Waals surface area contributed by atoms with Crippen LogP contribution in [0.2, 0.25) is 0 Å². The minimum atomic E-state index is -1.02. The first-order valence-corrected chi connectivity index (χ1v) is 8.29. The number of ether oxygens (including phenoxy) is 3. The lowest BCUT2D eigenvalue weighted by Gasteiger charge is -2.31. The van der Waals surface area contributed by atoms with Crippen LogP contribution in [-0.4, -0.2) is 47.9 Å². The van der Waals surface area contributed by atoms with E-state index in [0.717, 1.165) is 12.0 Å². The van der Waals surface area contributed by atoms with Crippen molar-refractivity contribution in [1.29, 1.82) is 0 Å². The third kappa shape index (κ3) is 3.30. The van der Waals surface area contributed by atoms with Gasteiger partial charge in [-0.2, -0.15) is 0 Å². The first kappa shape index (κ1) is 16.9. The van der Waals surface area contributed by atoms with Crippen LogP contribution in [-0.2, 0) is 36.8 Å². The lowest BCUT2D eigenvalue weighted by atomic mass is 9.99. The molecule has 130 valence electrons. The van der Waals surface area contributed by atoms with Crippen molar-refractivity contribution in [3.05, 3.63) is 35.4 Å². The standard InChI is InChI=1S/C18H23NO5/c1-4-22-17(21)15-14(23-18(2,3)24-15)16(20)19-10-9-12-7-5-6-8-13(12)11-19/h5-8,14-15H,4,9-11H2,1-3H3/t14-,15-/m1/s1. The van der Waals surface area contributed by atoms with Gasteiger partial charge in [0.15, 0.2) is 18.0 Å². The van der Waals surface area contributed by atoms with E-state index in [1.54, 1.807) is 25.7 Å². The van der Waals surface area contributed by atoms with Gasteiger partial charge >= 0.3 is 5.97 Å². The Kier molecular flexibility index (Phi) is 4.60. The van der Waals surface area contributed by atoms with Gasteiger partial charge in [-0.05, 0) is 38.3 Å². The zero-order chi connectivity index (χ0) is 17.3. The van der Waals surface area contributed by atoms with Crippen LogP contribution in [0.25, 0.3) is 0 Å². The van der Waals surface area contributed by atoms with Gasteiger partial charge in [0.25, 0.3) is 5.91 Å². The monoisotopic (exact) mass is 333 g/mol. The Morgan fingerprint density at radius 1 is 1.21 bits per heavy atom. The lowest BCUT2D eigenvalue weighted by Crippen LogP contribution is -2.48. The molecule has 0 N–H and O–H groups in total. The van der Waals surface area contributed by atoms with Gasteiger partial charge in [-0.3, -0.25) is 4.79 Å². The molecule has 0 aliphatic carbocycles. The fourth-order valence-corrected chi connectivity index (χ4v) is 3.20. The Bertz CT molecular complexity index is 642. The molecule has 2 heterocycles. The molecule has 2 aliphatic heterocycles. The highest BCUT2D eigenvalue weighted by atomic mass is 16.8. The molecule has 24 heavy (non-hydrogen) atoms. The van der Waals surface area contributed by atoms with Gasteiger partial charge in [0.05, 0.1) is 6.61 Å². The van der Waals surface area contributed by atoms with E-state index in [2.05, 4.69) is 6.07 Å². The van der Waals surface area contributed by atoms with Gasteiger partial charge < -0.3 is 19.1 Å². The second-order valence-electron chi connectivity index (χ2n) is 6.51. The Balaban J connectivity index is 1.77. The van der Waals surface area contributed by atoms with E-state index in [1.807, 2.05) is 18.2 Å². The number of hydrogen-bond acceptors (Lipinski definition) is 5. The van der Waals surface area contributed by atoms with Gasteiger partial charge in [-0.15, -0.1) is 0 Å². The predicted octanol–water partition coefficient (Wildman–Crippen LogP) is 1.65. The predicted molar refractivity (Wildman–Crippen MR) is 86.0 cm³/mol. The van der Waals surface area contributed by atoms with Gasteiger partial charge in [-0.25, -0.2) is 4.79 Å². The van der Waals surface area contributed by atoms with Crippen molar-refractivity contribution in [2.24, 2.45) is 0 Å². The first-order valence-electron chi connectivity index (χ1n) is 8.29. The third-order valence-corrected chi connectivity index (χ3v) is 4.30. The average molecular weight is 333 g/mol. The lowest BCUT2D eigenvalue weighted by molar-refractivity contribution is -0.171. The number of benzene rings is 1. The van der Waals surface area contributed by atoms with Crippen LogP contribution in [0, 0.1) is 0 Å². The van der Waals surface area contributed by atoms with Crippen LogP contribution in [0.3, 0.4) is 0 Å². The van der Waals surface area contributed by atoms with Crippen LogP contribution < -0.4 is 0 Å². The SMILES string of the molecule is CCOC(=O)[C@@H]1OC(C)(C)O[C@H]1C(=O)N1CCc2ccccc2C1. The maximum atomic E-state index is 12.9. The second kappa shape index (κ2) is 6.53. The molecule has 0 bridgehead atoms. The number of carbonyl (C=O) groups excluding carboxylic acids is 2. The zero-order valence-electron chi connectivity index (χ0n) is 14.3. The number of carbonyl (C=O) groups is 2. The maximum Gasteiger partial charge on any atom is 0.338 e. The highest BCUT2D eigenvalue weighted by Crippen LogP contribution is 2.31. The Labute approximate surface area is 141 Å². The molecular weight excluding hydrogens is 310 g/mol. The Morgan fingerprint density at radius 3 is 2.58 bits per heavy atom. The molecule has 0 aromatic heterocycles. The van der Waals surface area contributed by atoms with Crippen molar-refractivity contribution in [3.8, 4) is 0 Å². The third-order valence-electron chi connectivity index (χ3n) is 4.30. The number of esters is 1. The van der Waals surface area contributed by atoms with Crippen LogP contribution in [0.15, 0.2) is 24.3 Å². The van der Waals surface area contributed by atoms with Crippen molar-refractivity contribution in [2.45, 2.75) is 51.7 Å². The molecule has 0 saturated carbocycles. The topological polar surface area (TPSA) is 65.1 Å². The Morgan fingerprint density at radius 2 is 1.88 bits per heavy atom. The van der Waals surface area contributed by atoms with Crippen LogP contribution in [0.4, 0.5) is 0 Å². The summed E-state index contributed by atoms with van der Waals surface area (Å²) >= 11 is 0. The first-order chi connectivity index (χ1) is 11.4. The number of fused-ring (bicyclic) bond motifs is 1. The maximum absolute atomic E-state index is 12.9. The average Bonchev–Trinajstić information content (AvgIpc) is 2.90. The van der Waals surface area contributed by atoms with Gasteiger partial charge in [0.2, 0.25) is 0 Å². The summed E-state index contributed by atoms with van der Waals surface area (Å²) in [6.45, 7) is 6.46. The molecule has 0 spiro atoms. The van der Waals surface area contributed by atoms with Gasteiger partial charge in [0.1, 0.15) is 0 Å². The Hall–Kier alpha value is -1.92. The quantitative estimate of drug-likeness (QED) is 0.787. The van der Waals surface area contributed by atoms with Gasteiger partial charge in [-0.1, -0.05) is 24.3 Å². The molecule has 0 unspecified atom stereocenters. The summed E-state index contributed by atoms with van der Waals surface area (Å²) in [7, 11) is 0. The molecule has 1 fully saturated rings. The van der Waals surface area contributed by atoms with E-state index in [4.69, 9.17) is 14.2 Å². The summed E-state index contributed by atoms with van der Waals surface area (Å²) in [6, 6.07) is 8.07. The molecular formula is C18H23NO5.